The standard InChI is InChI=1S/C21H26N6O3S/c1-4-22-19(28)26-20-25-15-9-13(14-11-23-18(24-12-14)21(2,3)29)10-16(17(15)31-20)27-5-7-30-8-6-27/h9-12,29H,4-8H2,1-3H3,(H2,22,25,26,28). The molecule has 1 fully saturated rings. The van der Waals surface area contributed by atoms with Crippen LogP contribution in [0.3, 0.4) is 0 Å². The molecule has 1 aromatic carbocycles. The number of urea groups is 1. The molecule has 1 aliphatic heterocycles. The topological polar surface area (TPSA) is 112 Å². The fraction of sp³-hybridized carbons (Fsp3) is 0.429. The monoisotopic (exact) mass is 442 g/mol. The van der Waals surface area contributed by atoms with Gasteiger partial charge in [-0.05, 0) is 38.5 Å². The minimum atomic E-state index is -1.10. The molecule has 1 aliphatic rings. The highest BCUT2D eigenvalue weighted by Gasteiger charge is 2.21. The molecule has 10 heteroatoms. The molecule has 0 radical (unpaired) electrons. The molecule has 1 saturated heterocycles. The van der Waals surface area contributed by atoms with Crippen LogP contribution in [-0.2, 0) is 10.3 Å². The van der Waals surface area contributed by atoms with E-state index in [-0.39, 0.29) is 6.03 Å². The Balaban J connectivity index is 1.76. The van der Waals surface area contributed by atoms with E-state index in [9.17, 15) is 9.90 Å². The van der Waals surface area contributed by atoms with Gasteiger partial charge in [0, 0.05) is 37.6 Å². The number of aliphatic hydroxyl groups is 1. The van der Waals surface area contributed by atoms with E-state index < -0.39 is 5.60 Å². The Morgan fingerprint density at radius 2 is 1.94 bits per heavy atom. The summed E-state index contributed by atoms with van der Waals surface area (Å²) in [5, 5.41) is 16.2. The average molecular weight is 443 g/mol. The van der Waals surface area contributed by atoms with Crippen molar-refractivity contribution in [2.24, 2.45) is 0 Å². The second-order valence-electron chi connectivity index (χ2n) is 7.80. The zero-order valence-electron chi connectivity index (χ0n) is 17.8. The van der Waals surface area contributed by atoms with Crippen LogP contribution < -0.4 is 15.5 Å². The summed E-state index contributed by atoms with van der Waals surface area (Å²) in [6.45, 7) is 8.61. The lowest BCUT2D eigenvalue weighted by Gasteiger charge is -2.29. The van der Waals surface area contributed by atoms with E-state index in [4.69, 9.17) is 4.74 Å². The fourth-order valence-corrected chi connectivity index (χ4v) is 4.35. The quantitative estimate of drug-likeness (QED) is 0.557. The van der Waals surface area contributed by atoms with Gasteiger partial charge < -0.3 is 20.1 Å². The molecular formula is C21H26N6O3S. The van der Waals surface area contributed by atoms with Crippen molar-refractivity contribution in [3.8, 4) is 11.1 Å². The van der Waals surface area contributed by atoms with Crippen LogP contribution in [0.25, 0.3) is 21.3 Å². The second-order valence-corrected chi connectivity index (χ2v) is 8.80. The number of hydrogen-bond acceptors (Lipinski definition) is 8. The molecule has 2 aromatic heterocycles. The minimum Gasteiger partial charge on any atom is -0.382 e. The van der Waals surface area contributed by atoms with Crippen LogP contribution in [0.15, 0.2) is 24.5 Å². The van der Waals surface area contributed by atoms with Gasteiger partial charge in [0.25, 0.3) is 0 Å². The third-order valence-electron chi connectivity index (χ3n) is 4.91. The largest absolute Gasteiger partial charge is 0.382 e. The summed E-state index contributed by atoms with van der Waals surface area (Å²) in [4.78, 5) is 27.5. The SMILES string of the molecule is CCNC(=O)Nc1nc2cc(-c3cnc(C(C)(C)O)nc3)cc(N3CCOCC3)c2s1. The highest BCUT2D eigenvalue weighted by atomic mass is 32.1. The molecule has 0 spiro atoms. The van der Waals surface area contributed by atoms with E-state index in [1.54, 1.807) is 26.2 Å². The van der Waals surface area contributed by atoms with E-state index in [1.807, 2.05) is 13.0 Å². The van der Waals surface area contributed by atoms with Crippen LogP contribution in [0.5, 0.6) is 0 Å². The summed E-state index contributed by atoms with van der Waals surface area (Å²) in [5.74, 6) is 0.368. The molecular weight excluding hydrogens is 416 g/mol. The highest BCUT2D eigenvalue weighted by molar-refractivity contribution is 7.23. The van der Waals surface area contributed by atoms with Gasteiger partial charge in [-0.1, -0.05) is 11.3 Å². The fourth-order valence-electron chi connectivity index (χ4n) is 3.37. The minimum absolute atomic E-state index is 0.273. The number of morpholine rings is 1. The van der Waals surface area contributed by atoms with E-state index >= 15 is 0 Å². The summed E-state index contributed by atoms with van der Waals surface area (Å²) in [6.07, 6.45) is 3.43. The van der Waals surface area contributed by atoms with E-state index in [0.29, 0.717) is 30.7 Å². The smallest absolute Gasteiger partial charge is 0.321 e. The molecule has 4 rings (SSSR count). The van der Waals surface area contributed by atoms with Crippen LogP contribution >= 0.6 is 11.3 Å². The number of aromatic nitrogens is 3. The molecule has 0 bridgehead atoms. The second kappa shape index (κ2) is 8.74. The van der Waals surface area contributed by atoms with Gasteiger partial charge in [0.15, 0.2) is 11.0 Å². The van der Waals surface area contributed by atoms with Crippen molar-refractivity contribution in [1.82, 2.24) is 20.3 Å². The first kappa shape index (κ1) is 21.4. The van der Waals surface area contributed by atoms with Crippen molar-refractivity contribution in [1.29, 1.82) is 0 Å². The number of anilines is 2. The molecule has 9 nitrogen and oxygen atoms in total. The lowest BCUT2D eigenvalue weighted by Crippen LogP contribution is -2.36. The van der Waals surface area contributed by atoms with Crippen molar-refractivity contribution < 1.29 is 14.6 Å². The lowest BCUT2D eigenvalue weighted by atomic mass is 10.1. The van der Waals surface area contributed by atoms with Gasteiger partial charge >= 0.3 is 6.03 Å². The number of ether oxygens (including phenoxy) is 1. The van der Waals surface area contributed by atoms with E-state index in [1.165, 1.54) is 11.3 Å². The zero-order chi connectivity index (χ0) is 22.0. The van der Waals surface area contributed by atoms with Crippen molar-refractivity contribution in [2.45, 2.75) is 26.4 Å². The number of fused-ring (bicyclic) bond motifs is 1. The summed E-state index contributed by atoms with van der Waals surface area (Å²) >= 11 is 1.45. The van der Waals surface area contributed by atoms with Gasteiger partial charge in [0.1, 0.15) is 5.60 Å². The molecule has 0 unspecified atom stereocenters. The number of carbonyl (C=O) groups is 1. The third-order valence-corrected chi connectivity index (χ3v) is 5.92. The van der Waals surface area contributed by atoms with Crippen molar-refractivity contribution in [3.63, 3.8) is 0 Å². The predicted octanol–water partition coefficient (Wildman–Crippen LogP) is 2.96. The molecule has 0 saturated carbocycles. The zero-order valence-corrected chi connectivity index (χ0v) is 18.6. The number of hydrogen-bond donors (Lipinski definition) is 3. The van der Waals surface area contributed by atoms with Crippen LogP contribution in [0.1, 0.15) is 26.6 Å². The Kier molecular flexibility index (Phi) is 6.03. The normalized spacial score (nSPS) is 14.6. The van der Waals surface area contributed by atoms with Crippen LogP contribution in [0.4, 0.5) is 15.6 Å². The molecule has 0 aliphatic carbocycles. The number of nitrogens with zero attached hydrogens (tertiary/aromatic N) is 4. The number of amides is 2. The molecule has 3 aromatic rings. The number of benzene rings is 1. The van der Waals surface area contributed by atoms with E-state index in [0.717, 1.165) is 40.1 Å². The summed E-state index contributed by atoms with van der Waals surface area (Å²) in [6, 6.07) is 3.80. The Morgan fingerprint density at radius 1 is 1.23 bits per heavy atom. The lowest BCUT2D eigenvalue weighted by molar-refractivity contribution is 0.0687. The Morgan fingerprint density at radius 3 is 2.58 bits per heavy atom. The maximum absolute atomic E-state index is 12.0. The van der Waals surface area contributed by atoms with Gasteiger partial charge in [-0.15, -0.1) is 0 Å². The van der Waals surface area contributed by atoms with Gasteiger partial charge in [-0.3, -0.25) is 5.32 Å². The molecule has 3 N–H and O–H groups in total. The van der Waals surface area contributed by atoms with Crippen LogP contribution in [-0.4, -0.2) is 58.9 Å². The number of carbonyl (C=O) groups excluding carboxylic acids is 1. The Bertz CT molecular complexity index is 1070. The Labute approximate surface area is 184 Å². The number of thiazole rings is 1. The summed E-state index contributed by atoms with van der Waals surface area (Å²) in [5.41, 5.74) is 2.49. The molecule has 3 heterocycles. The molecule has 2 amide bonds. The van der Waals surface area contributed by atoms with Crippen LogP contribution in [0.2, 0.25) is 0 Å². The summed E-state index contributed by atoms with van der Waals surface area (Å²) in [7, 11) is 0. The van der Waals surface area contributed by atoms with Gasteiger partial charge in [-0.25, -0.2) is 19.7 Å². The average Bonchev–Trinajstić information content (AvgIpc) is 3.15. The number of nitrogens with one attached hydrogen (secondary N) is 2. The Hall–Kier alpha value is -2.82. The van der Waals surface area contributed by atoms with Gasteiger partial charge in [0.05, 0.1) is 29.1 Å². The maximum atomic E-state index is 12.0. The molecule has 31 heavy (non-hydrogen) atoms. The first-order chi connectivity index (χ1) is 14.8. The first-order valence-electron chi connectivity index (χ1n) is 10.2. The van der Waals surface area contributed by atoms with Gasteiger partial charge in [-0.2, -0.15) is 0 Å². The van der Waals surface area contributed by atoms with Crippen molar-refractivity contribution >= 4 is 38.4 Å². The van der Waals surface area contributed by atoms with Crippen molar-refractivity contribution in [2.75, 3.05) is 43.1 Å². The van der Waals surface area contributed by atoms with Gasteiger partial charge in [0.2, 0.25) is 0 Å². The first-order valence-corrected chi connectivity index (χ1v) is 11.0. The maximum Gasteiger partial charge on any atom is 0.321 e. The van der Waals surface area contributed by atoms with Crippen LogP contribution in [0, 0.1) is 0 Å². The third kappa shape index (κ3) is 4.76. The van der Waals surface area contributed by atoms with Crippen molar-refractivity contribution in [3.05, 3.63) is 30.4 Å². The van der Waals surface area contributed by atoms with E-state index in [2.05, 4.69) is 36.6 Å². The predicted molar refractivity (Wildman–Crippen MR) is 122 cm³/mol. The highest BCUT2D eigenvalue weighted by Crippen LogP contribution is 2.38. The summed E-state index contributed by atoms with van der Waals surface area (Å²) < 4.78 is 6.52. The number of rotatable bonds is 5. The molecule has 164 valence electrons. The molecule has 0 atom stereocenters.